The van der Waals surface area contributed by atoms with E-state index in [0.29, 0.717) is 12.3 Å². The van der Waals surface area contributed by atoms with Crippen molar-refractivity contribution in [3.63, 3.8) is 0 Å². The van der Waals surface area contributed by atoms with Crippen LogP contribution in [0.3, 0.4) is 0 Å². The first kappa shape index (κ1) is 19.1. The fourth-order valence-corrected chi connectivity index (χ4v) is 3.59. The number of para-hydroxylation sites is 2. The summed E-state index contributed by atoms with van der Waals surface area (Å²) in [6.07, 6.45) is 0.738. The van der Waals surface area contributed by atoms with Crippen LogP contribution in [0, 0.1) is 13.8 Å². The number of hydrogen-bond donors (Lipinski definition) is 0. The van der Waals surface area contributed by atoms with Crippen LogP contribution in [0.25, 0.3) is 0 Å². The highest BCUT2D eigenvalue weighted by Gasteiger charge is 2.26. The second-order valence-corrected chi connectivity index (χ2v) is 7.43. The second-order valence-electron chi connectivity index (χ2n) is 7.43. The largest absolute Gasteiger partial charge is 0.488 e. The minimum Gasteiger partial charge on any atom is -0.488 e. The SMILES string of the molecule is Cc1cccc(C)c1OCc1cc(C(=O)N(C)CC2Cc3ccccc3O2)no1. The molecular formula is C23H24N2O4. The third-order valence-corrected chi connectivity index (χ3v) is 5.08. The molecule has 0 spiro atoms. The number of rotatable bonds is 6. The predicted molar refractivity (Wildman–Crippen MR) is 108 cm³/mol. The lowest BCUT2D eigenvalue weighted by molar-refractivity contribution is 0.0720. The lowest BCUT2D eigenvalue weighted by atomic mass is 10.1. The van der Waals surface area contributed by atoms with Gasteiger partial charge in [-0.1, -0.05) is 41.6 Å². The van der Waals surface area contributed by atoms with Gasteiger partial charge in [0.25, 0.3) is 5.91 Å². The number of hydrogen-bond acceptors (Lipinski definition) is 5. The molecule has 1 amide bonds. The summed E-state index contributed by atoms with van der Waals surface area (Å²) in [6.45, 7) is 4.69. The number of benzene rings is 2. The van der Waals surface area contributed by atoms with Crippen LogP contribution in [0.1, 0.15) is 32.9 Å². The van der Waals surface area contributed by atoms with Crippen LogP contribution in [-0.4, -0.2) is 35.7 Å². The van der Waals surface area contributed by atoms with E-state index in [9.17, 15) is 4.79 Å². The second kappa shape index (κ2) is 7.99. The Morgan fingerprint density at radius 1 is 1.17 bits per heavy atom. The van der Waals surface area contributed by atoms with E-state index in [4.69, 9.17) is 14.0 Å². The Hall–Kier alpha value is -3.28. The van der Waals surface area contributed by atoms with E-state index < -0.39 is 0 Å². The van der Waals surface area contributed by atoms with Gasteiger partial charge < -0.3 is 18.9 Å². The molecule has 1 unspecified atom stereocenters. The lowest BCUT2D eigenvalue weighted by Gasteiger charge is -2.20. The first-order valence-electron chi connectivity index (χ1n) is 9.66. The van der Waals surface area contributed by atoms with Gasteiger partial charge in [0.1, 0.15) is 24.2 Å². The number of likely N-dealkylation sites (N-methyl/N-ethyl adjacent to an activating group) is 1. The van der Waals surface area contributed by atoms with Crippen molar-refractivity contribution >= 4 is 5.91 Å². The summed E-state index contributed by atoms with van der Waals surface area (Å²) in [4.78, 5) is 14.3. The zero-order valence-electron chi connectivity index (χ0n) is 16.8. The Balaban J connectivity index is 1.34. The highest BCUT2D eigenvalue weighted by atomic mass is 16.5. The molecule has 29 heavy (non-hydrogen) atoms. The number of fused-ring (bicyclic) bond motifs is 1. The van der Waals surface area contributed by atoms with Gasteiger partial charge in [-0.25, -0.2) is 0 Å². The van der Waals surface area contributed by atoms with Crippen LogP contribution in [0.5, 0.6) is 11.5 Å². The average Bonchev–Trinajstić information content (AvgIpc) is 3.33. The summed E-state index contributed by atoms with van der Waals surface area (Å²) in [5.74, 6) is 2.03. The van der Waals surface area contributed by atoms with Crippen LogP contribution in [0.15, 0.2) is 53.1 Å². The summed E-state index contributed by atoms with van der Waals surface area (Å²) in [6, 6.07) is 15.6. The Labute approximate surface area is 170 Å². The van der Waals surface area contributed by atoms with Crippen LogP contribution in [0.2, 0.25) is 0 Å². The van der Waals surface area contributed by atoms with Gasteiger partial charge in [0.05, 0.1) is 6.54 Å². The molecule has 2 heterocycles. The predicted octanol–water partition coefficient (Wildman–Crippen LogP) is 3.95. The molecule has 0 saturated heterocycles. The van der Waals surface area contributed by atoms with Crippen LogP contribution >= 0.6 is 0 Å². The Kier molecular flexibility index (Phi) is 5.25. The van der Waals surface area contributed by atoms with Crippen LogP contribution in [0.4, 0.5) is 0 Å². The van der Waals surface area contributed by atoms with E-state index in [1.807, 2.05) is 50.2 Å². The molecule has 0 radical (unpaired) electrons. The Morgan fingerprint density at radius 3 is 2.69 bits per heavy atom. The van der Waals surface area contributed by atoms with Gasteiger partial charge in [0.15, 0.2) is 11.5 Å². The van der Waals surface area contributed by atoms with Crippen LogP contribution in [-0.2, 0) is 13.0 Å². The molecule has 150 valence electrons. The molecule has 6 nitrogen and oxygen atoms in total. The van der Waals surface area contributed by atoms with E-state index >= 15 is 0 Å². The monoisotopic (exact) mass is 392 g/mol. The zero-order valence-corrected chi connectivity index (χ0v) is 16.8. The number of ether oxygens (including phenoxy) is 2. The minimum absolute atomic E-state index is 0.0555. The van der Waals surface area contributed by atoms with Crippen molar-refractivity contribution in [2.75, 3.05) is 13.6 Å². The third-order valence-electron chi connectivity index (χ3n) is 5.08. The van der Waals surface area contributed by atoms with Crippen LogP contribution < -0.4 is 9.47 Å². The summed E-state index contributed by atoms with van der Waals surface area (Å²) >= 11 is 0. The molecule has 0 N–H and O–H groups in total. The van der Waals surface area contributed by atoms with Gasteiger partial charge in [0, 0.05) is 19.5 Å². The summed E-state index contributed by atoms with van der Waals surface area (Å²) < 4.78 is 17.1. The van der Waals surface area contributed by atoms with Crippen molar-refractivity contribution in [3.8, 4) is 11.5 Å². The topological polar surface area (TPSA) is 64.8 Å². The fraction of sp³-hybridized carbons (Fsp3) is 0.304. The van der Waals surface area contributed by atoms with E-state index in [1.165, 1.54) is 5.56 Å². The molecule has 1 aliphatic heterocycles. The van der Waals surface area contributed by atoms with E-state index in [-0.39, 0.29) is 24.3 Å². The molecule has 1 atom stereocenters. The third kappa shape index (κ3) is 4.11. The summed E-state index contributed by atoms with van der Waals surface area (Å²) in [5.41, 5.74) is 3.55. The smallest absolute Gasteiger partial charge is 0.275 e. The molecular weight excluding hydrogens is 368 g/mol. The maximum Gasteiger partial charge on any atom is 0.275 e. The maximum atomic E-state index is 12.7. The highest BCUT2D eigenvalue weighted by Crippen LogP contribution is 2.28. The standard InChI is InChI=1S/C23H24N2O4/c1-15-7-6-8-16(2)22(15)27-14-19-12-20(24-29-19)23(26)25(3)13-18-11-17-9-4-5-10-21(17)28-18/h4-10,12,18H,11,13-14H2,1-3H3. The van der Waals surface area contributed by atoms with Crippen molar-refractivity contribution < 1.29 is 18.8 Å². The number of carbonyl (C=O) groups is 1. The van der Waals surface area contributed by atoms with Gasteiger partial charge in [-0.3, -0.25) is 4.79 Å². The van der Waals surface area contributed by atoms with Gasteiger partial charge in [-0.2, -0.15) is 0 Å². The molecule has 1 aliphatic rings. The molecule has 0 aliphatic carbocycles. The molecule has 3 aromatic rings. The number of aromatic nitrogens is 1. The normalized spacial score (nSPS) is 14.9. The number of amides is 1. The zero-order chi connectivity index (χ0) is 20.4. The Morgan fingerprint density at radius 2 is 1.93 bits per heavy atom. The van der Waals surface area contributed by atoms with Crippen molar-refractivity contribution in [1.82, 2.24) is 10.1 Å². The van der Waals surface area contributed by atoms with Gasteiger partial charge in [-0.05, 0) is 36.6 Å². The molecule has 0 saturated carbocycles. The highest BCUT2D eigenvalue weighted by molar-refractivity contribution is 5.92. The van der Waals surface area contributed by atoms with Gasteiger partial charge in [-0.15, -0.1) is 0 Å². The Bertz CT molecular complexity index is 982. The summed E-state index contributed by atoms with van der Waals surface area (Å²) in [7, 11) is 1.75. The van der Waals surface area contributed by atoms with Crippen molar-refractivity contribution in [2.24, 2.45) is 0 Å². The molecule has 6 heteroatoms. The van der Waals surface area contributed by atoms with Gasteiger partial charge in [0.2, 0.25) is 0 Å². The van der Waals surface area contributed by atoms with E-state index in [2.05, 4.69) is 11.2 Å². The first-order valence-corrected chi connectivity index (χ1v) is 9.66. The minimum atomic E-state index is -0.202. The van der Waals surface area contributed by atoms with Crippen molar-refractivity contribution in [3.05, 3.63) is 76.7 Å². The average molecular weight is 392 g/mol. The number of nitrogens with zero attached hydrogens (tertiary/aromatic N) is 2. The van der Waals surface area contributed by atoms with Gasteiger partial charge >= 0.3 is 0 Å². The molecule has 2 aromatic carbocycles. The number of aryl methyl sites for hydroxylation is 2. The maximum absolute atomic E-state index is 12.7. The fourth-order valence-electron chi connectivity index (χ4n) is 3.59. The molecule has 1 aromatic heterocycles. The first-order chi connectivity index (χ1) is 14.0. The molecule has 4 rings (SSSR count). The van der Waals surface area contributed by atoms with E-state index in [1.54, 1.807) is 18.0 Å². The lowest BCUT2D eigenvalue weighted by Crippen LogP contribution is -2.36. The molecule has 0 fully saturated rings. The van der Waals surface area contributed by atoms with Crippen molar-refractivity contribution in [1.29, 1.82) is 0 Å². The van der Waals surface area contributed by atoms with E-state index in [0.717, 1.165) is 29.0 Å². The number of carbonyl (C=O) groups excluding carboxylic acids is 1. The molecule has 0 bridgehead atoms. The van der Waals surface area contributed by atoms with Crippen molar-refractivity contribution in [2.45, 2.75) is 33.0 Å². The quantitative estimate of drug-likeness (QED) is 0.636. The summed E-state index contributed by atoms with van der Waals surface area (Å²) in [5, 5.41) is 3.92.